The Balaban J connectivity index is 2.69. The molecule has 0 amide bonds. The molecule has 0 saturated heterocycles. The molecule has 0 spiro atoms. The molecule has 1 N–H and O–H groups in total. The molecule has 1 aromatic rings. The monoisotopic (exact) mass is 377 g/mol. The summed E-state index contributed by atoms with van der Waals surface area (Å²) in [6.07, 6.45) is 0. The van der Waals surface area contributed by atoms with Crippen molar-refractivity contribution in [1.29, 1.82) is 0 Å². The second-order valence-corrected chi connectivity index (χ2v) is 7.41. The second-order valence-electron chi connectivity index (χ2n) is 3.60. The van der Waals surface area contributed by atoms with E-state index in [0.717, 1.165) is 0 Å². The van der Waals surface area contributed by atoms with Crippen molar-refractivity contribution < 1.29 is 21.6 Å². The van der Waals surface area contributed by atoms with E-state index in [0.29, 0.717) is 10.0 Å². The van der Waals surface area contributed by atoms with Gasteiger partial charge in [0.1, 0.15) is 0 Å². The van der Waals surface area contributed by atoms with Gasteiger partial charge in [-0.05, 0) is 36.4 Å². The minimum Gasteiger partial charge on any atom is -0.210 e. The molecule has 0 unspecified atom stereocenters. The maximum absolute atomic E-state index is 11.9. The third-order valence-electron chi connectivity index (χ3n) is 2.10. The average Bonchev–Trinajstić information content (AvgIpc) is 2.26. The van der Waals surface area contributed by atoms with E-state index in [1.807, 2.05) is 0 Å². The quantitative estimate of drug-likeness (QED) is 0.800. The SMILES string of the molecule is Cc1ccc(Br)cc1S(=O)(=O)NCCSC(F)(F)F. The van der Waals surface area contributed by atoms with Crippen molar-refractivity contribution in [2.45, 2.75) is 17.3 Å². The number of thioether (sulfide) groups is 1. The number of halogens is 4. The van der Waals surface area contributed by atoms with E-state index >= 15 is 0 Å². The van der Waals surface area contributed by atoms with Crippen LogP contribution in [0, 0.1) is 6.92 Å². The maximum atomic E-state index is 11.9. The summed E-state index contributed by atoms with van der Waals surface area (Å²) in [5.41, 5.74) is -3.82. The van der Waals surface area contributed by atoms with Crippen LogP contribution in [0.25, 0.3) is 0 Å². The van der Waals surface area contributed by atoms with Gasteiger partial charge >= 0.3 is 5.51 Å². The molecule has 0 heterocycles. The van der Waals surface area contributed by atoms with E-state index in [1.54, 1.807) is 19.1 Å². The maximum Gasteiger partial charge on any atom is 0.441 e. The summed E-state index contributed by atoms with van der Waals surface area (Å²) in [6.45, 7) is 1.34. The molecule has 0 aliphatic carbocycles. The molecule has 0 aliphatic rings. The fraction of sp³-hybridized carbons (Fsp3) is 0.400. The number of hydrogen-bond acceptors (Lipinski definition) is 3. The third kappa shape index (κ3) is 5.72. The fourth-order valence-electron chi connectivity index (χ4n) is 1.28. The Kier molecular flexibility index (Phi) is 5.72. The summed E-state index contributed by atoms with van der Waals surface area (Å²) in [4.78, 5) is 0.0545. The Morgan fingerprint density at radius 3 is 2.58 bits per heavy atom. The molecule has 0 aliphatic heterocycles. The first-order valence-corrected chi connectivity index (χ1v) is 8.34. The van der Waals surface area contributed by atoms with E-state index in [4.69, 9.17) is 0 Å². The summed E-state index contributed by atoms with van der Waals surface area (Å²) in [5, 5.41) is 0. The number of nitrogens with one attached hydrogen (secondary N) is 1. The molecule has 1 aromatic carbocycles. The minimum absolute atomic E-state index is 0.0545. The van der Waals surface area contributed by atoms with Gasteiger partial charge in [-0.2, -0.15) is 13.2 Å². The number of hydrogen-bond donors (Lipinski definition) is 1. The van der Waals surface area contributed by atoms with Gasteiger partial charge in [0.15, 0.2) is 0 Å². The predicted molar refractivity (Wildman–Crippen MR) is 72.6 cm³/mol. The zero-order valence-electron chi connectivity index (χ0n) is 9.79. The molecule has 19 heavy (non-hydrogen) atoms. The van der Waals surface area contributed by atoms with Gasteiger partial charge in [-0.1, -0.05) is 22.0 Å². The molecule has 3 nitrogen and oxygen atoms in total. The third-order valence-corrected chi connectivity index (χ3v) is 4.93. The Morgan fingerprint density at radius 2 is 2.00 bits per heavy atom. The lowest BCUT2D eigenvalue weighted by Crippen LogP contribution is -2.27. The topological polar surface area (TPSA) is 46.2 Å². The smallest absolute Gasteiger partial charge is 0.210 e. The predicted octanol–water partition coefficient (Wildman–Crippen LogP) is 3.29. The molecule has 0 atom stereocenters. The van der Waals surface area contributed by atoms with Gasteiger partial charge < -0.3 is 0 Å². The number of sulfonamides is 1. The van der Waals surface area contributed by atoms with Crippen LogP contribution in [0.1, 0.15) is 5.56 Å². The lowest BCUT2D eigenvalue weighted by atomic mass is 10.2. The van der Waals surface area contributed by atoms with Crippen LogP contribution in [0.15, 0.2) is 27.6 Å². The largest absolute Gasteiger partial charge is 0.441 e. The number of alkyl halides is 3. The van der Waals surface area contributed by atoms with E-state index in [-0.39, 0.29) is 29.0 Å². The van der Waals surface area contributed by atoms with Crippen LogP contribution in [0.2, 0.25) is 0 Å². The van der Waals surface area contributed by atoms with Crippen molar-refractivity contribution >= 4 is 37.7 Å². The van der Waals surface area contributed by atoms with Crippen LogP contribution in [0.4, 0.5) is 13.2 Å². The Hall–Kier alpha value is -0.250. The zero-order chi connectivity index (χ0) is 14.7. The molecule has 9 heteroatoms. The van der Waals surface area contributed by atoms with Crippen LogP contribution in [0.3, 0.4) is 0 Å². The van der Waals surface area contributed by atoms with Crippen molar-refractivity contribution in [3.8, 4) is 0 Å². The first-order valence-electron chi connectivity index (χ1n) is 5.08. The molecule has 0 saturated carbocycles. The normalized spacial score (nSPS) is 12.7. The van der Waals surface area contributed by atoms with Crippen LogP contribution < -0.4 is 4.72 Å². The van der Waals surface area contributed by atoms with Crippen LogP contribution >= 0.6 is 27.7 Å². The summed E-state index contributed by atoms with van der Waals surface area (Å²) >= 11 is 2.89. The second kappa shape index (κ2) is 6.47. The Labute approximate surface area is 122 Å². The molecule has 0 radical (unpaired) electrons. The molecule has 1 rings (SSSR count). The summed E-state index contributed by atoms with van der Waals surface area (Å²) < 4.78 is 62.2. The van der Waals surface area contributed by atoms with Gasteiger partial charge in [0.2, 0.25) is 10.0 Å². The summed E-state index contributed by atoms with van der Waals surface area (Å²) in [6, 6.07) is 4.71. The highest BCUT2D eigenvalue weighted by Crippen LogP contribution is 2.29. The van der Waals surface area contributed by atoms with Crippen molar-refractivity contribution in [2.75, 3.05) is 12.3 Å². The Morgan fingerprint density at radius 1 is 1.37 bits per heavy atom. The standard InChI is InChI=1S/C10H11BrF3NO2S2/c1-7-2-3-8(11)6-9(7)19(16,17)15-4-5-18-10(12,13)14/h2-3,6,15H,4-5H2,1H3. The van der Waals surface area contributed by atoms with Crippen LogP contribution in [-0.4, -0.2) is 26.2 Å². The van der Waals surface area contributed by atoms with Crippen molar-refractivity contribution in [3.63, 3.8) is 0 Å². The number of rotatable bonds is 5. The molecule has 0 aromatic heterocycles. The zero-order valence-corrected chi connectivity index (χ0v) is 13.0. The van der Waals surface area contributed by atoms with Crippen LogP contribution in [0.5, 0.6) is 0 Å². The van der Waals surface area contributed by atoms with Gasteiger partial charge in [0.05, 0.1) is 4.90 Å². The highest BCUT2D eigenvalue weighted by Gasteiger charge is 2.27. The molecule has 0 fully saturated rings. The van der Waals surface area contributed by atoms with Gasteiger partial charge in [0, 0.05) is 16.8 Å². The van der Waals surface area contributed by atoms with Crippen molar-refractivity contribution in [2.24, 2.45) is 0 Å². The molecular weight excluding hydrogens is 367 g/mol. The van der Waals surface area contributed by atoms with Crippen molar-refractivity contribution in [3.05, 3.63) is 28.2 Å². The van der Waals surface area contributed by atoms with E-state index in [1.165, 1.54) is 6.07 Å². The first kappa shape index (κ1) is 16.8. The van der Waals surface area contributed by atoms with Gasteiger partial charge in [0.25, 0.3) is 0 Å². The van der Waals surface area contributed by atoms with Crippen LogP contribution in [-0.2, 0) is 10.0 Å². The highest BCUT2D eigenvalue weighted by molar-refractivity contribution is 9.10. The summed E-state index contributed by atoms with van der Waals surface area (Å²) in [7, 11) is -3.79. The molecule has 108 valence electrons. The highest BCUT2D eigenvalue weighted by atomic mass is 79.9. The number of aryl methyl sites for hydroxylation is 1. The average molecular weight is 378 g/mol. The number of benzene rings is 1. The fourth-order valence-corrected chi connectivity index (χ4v) is 3.66. The van der Waals surface area contributed by atoms with Crippen molar-refractivity contribution in [1.82, 2.24) is 4.72 Å². The molecular formula is C10H11BrF3NO2S2. The van der Waals surface area contributed by atoms with Gasteiger partial charge in [-0.25, -0.2) is 13.1 Å². The van der Waals surface area contributed by atoms with Gasteiger partial charge in [-0.3, -0.25) is 0 Å². The van der Waals surface area contributed by atoms with E-state index < -0.39 is 15.5 Å². The summed E-state index contributed by atoms with van der Waals surface area (Å²) in [5.74, 6) is -0.365. The van der Waals surface area contributed by atoms with Gasteiger partial charge in [-0.15, -0.1) is 0 Å². The van der Waals surface area contributed by atoms with E-state index in [2.05, 4.69) is 20.7 Å². The lowest BCUT2D eigenvalue weighted by Gasteiger charge is -2.10. The minimum atomic E-state index is -4.35. The molecule has 0 bridgehead atoms. The van der Waals surface area contributed by atoms with E-state index in [9.17, 15) is 21.6 Å². The lowest BCUT2D eigenvalue weighted by molar-refractivity contribution is -0.0327. The first-order chi connectivity index (χ1) is 8.62. The Bertz CT molecular complexity index is 546.